The Balaban J connectivity index is 3.61. The zero-order valence-electron chi connectivity index (χ0n) is 11.4. The Kier molecular flexibility index (Phi) is 8.47. The second kappa shape index (κ2) is 9.03. The minimum atomic E-state index is -0.187. The third-order valence-corrected chi connectivity index (χ3v) is 2.78. The fraction of sp³-hybridized carbons (Fsp3) is 0.769. The van der Waals surface area contributed by atoms with Gasteiger partial charge in [0.05, 0.1) is 12.6 Å². The van der Waals surface area contributed by atoms with Crippen LogP contribution in [0.3, 0.4) is 0 Å². The fourth-order valence-corrected chi connectivity index (χ4v) is 1.29. The number of terminal acetylenes is 1. The molecule has 0 rings (SSSR count). The van der Waals surface area contributed by atoms with E-state index in [2.05, 4.69) is 42.3 Å². The molecule has 0 aliphatic heterocycles. The highest BCUT2D eigenvalue weighted by molar-refractivity contribution is 5.81. The van der Waals surface area contributed by atoms with E-state index in [4.69, 9.17) is 6.42 Å². The van der Waals surface area contributed by atoms with Gasteiger partial charge in [-0.2, -0.15) is 0 Å². The molecule has 1 atom stereocenters. The van der Waals surface area contributed by atoms with Gasteiger partial charge in [-0.3, -0.25) is 4.79 Å². The largest absolute Gasteiger partial charge is 0.344 e. The molecule has 98 valence electrons. The molecule has 4 nitrogen and oxygen atoms in total. The Morgan fingerprint density at radius 1 is 1.41 bits per heavy atom. The Morgan fingerprint density at radius 3 is 2.59 bits per heavy atom. The first-order valence-electron chi connectivity index (χ1n) is 6.13. The first-order chi connectivity index (χ1) is 7.99. The maximum atomic E-state index is 11.5. The molecule has 0 aliphatic carbocycles. The van der Waals surface area contributed by atoms with Crippen LogP contribution >= 0.6 is 0 Å². The zero-order chi connectivity index (χ0) is 13.3. The minimum Gasteiger partial charge on any atom is -0.344 e. The number of rotatable bonds is 8. The van der Waals surface area contributed by atoms with Crippen LogP contribution in [-0.2, 0) is 4.79 Å². The van der Waals surface area contributed by atoms with Crippen molar-refractivity contribution in [2.75, 3.05) is 26.7 Å². The Bertz CT molecular complexity index is 258. The van der Waals surface area contributed by atoms with Crippen LogP contribution in [0.4, 0.5) is 0 Å². The molecule has 0 saturated carbocycles. The molecular weight excluding hydrogens is 214 g/mol. The number of nitrogens with zero attached hydrogens (tertiary/aromatic N) is 1. The predicted molar refractivity (Wildman–Crippen MR) is 71.7 cm³/mol. The maximum Gasteiger partial charge on any atom is 0.237 e. The number of carbonyl (C=O) groups is 1. The highest BCUT2D eigenvalue weighted by Gasteiger charge is 2.10. The lowest BCUT2D eigenvalue weighted by Gasteiger charge is -2.21. The Morgan fingerprint density at radius 2 is 2.06 bits per heavy atom. The van der Waals surface area contributed by atoms with Gasteiger partial charge in [0.25, 0.3) is 0 Å². The van der Waals surface area contributed by atoms with Gasteiger partial charge in [-0.1, -0.05) is 5.92 Å². The van der Waals surface area contributed by atoms with Crippen LogP contribution in [0.1, 0.15) is 27.2 Å². The number of amides is 1. The van der Waals surface area contributed by atoms with Crippen molar-refractivity contribution < 1.29 is 4.79 Å². The summed E-state index contributed by atoms with van der Waals surface area (Å²) in [7, 11) is 2.10. The molecule has 0 heterocycles. The predicted octanol–water partition coefficient (Wildman–Crippen LogP) is 0.444. The average molecular weight is 239 g/mol. The molecule has 0 radical (unpaired) electrons. The summed E-state index contributed by atoms with van der Waals surface area (Å²) in [4.78, 5) is 13.7. The van der Waals surface area contributed by atoms with Gasteiger partial charge in [-0.05, 0) is 47.3 Å². The quantitative estimate of drug-likeness (QED) is 0.477. The van der Waals surface area contributed by atoms with Gasteiger partial charge in [0.2, 0.25) is 5.91 Å². The van der Waals surface area contributed by atoms with Gasteiger partial charge < -0.3 is 15.5 Å². The third kappa shape index (κ3) is 7.78. The van der Waals surface area contributed by atoms with Crippen LogP contribution in [0, 0.1) is 12.3 Å². The summed E-state index contributed by atoms with van der Waals surface area (Å²) in [6, 6.07) is 0.374. The van der Waals surface area contributed by atoms with Crippen molar-refractivity contribution in [2.45, 2.75) is 39.3 Å². The Labute approximate surface area is 105 Å². The first-order valence-corrected chi connectivity index (χ1v) is 6.13. The number of hydrogen-bond donors (Lipinski definition) is 2. The molecule has 0 aromatic heterocycles. The third-order valence-electron chi connectivity index (χ3n) is 2.78. The van der Waals surface area contributed by atoms with E-state index in [1.807, 2.05) is 6.92 Å². The van der Waals surface area contributed by atoms with Crippen LogP contribution in [0.25, 0.3) is 0 Å². The van der Waals surface area contributed by atoms with Gasteiger partial charge in [0.15, 0.2) is 0 Å². The fourth-order valence-electron chi connectivity index (χ4n) is 1.29. The van der Waals surface area contributed by atoms with Gasteiger partial charge >= 0.3 is 0 Å². The highest BCUT2D eigenvalue weighted by Crippen LogP contribution is 1.94. The molecule has 0 saturated heterocycles. The van der Waals surface area contributed by atoms with Crippen LogP contribution in [0.15, 0.2) is 0 Å². The average Bonchev–Trinajstić information content (AvgIpc) is 2.30. The highest BCUT2D eigenvalue weighted by atomic mass is 16.2. The van der Waals surface area contributed by atoms with Gasteiger partial charge in [0, 0.05) is 6.04 Å². The second-order valence-corrected chi connectivity index (χ2v) is 4.53. The molecule has 1 amide bonds. The minimum absolute atomic E-state index is 0.0415. The van der Waals surface area contributed by atoms with Crippen LogP contribution < -0.4 is 10.6 Å². The maximum absolute atomic E-state index is 11.5. The molecule has 0 aliphatic rings. The first kappa shape index (κ1) is 16.0. The summed E-state index contributed by atoms with van der Waals surface area (Å²) in [6.45, 7) is 8.34. The van der Waals surface area contributed by atoms with Gasteiger partial charge in [0.1, 0.15) is 0 Å². The van der Waals surface area contributed by atoms with Crippen LogP contribution in [0.2, 0.25) is 0 Å². The molecule has 1 unspecified atom stereocenters. The van der Waals surface area contributed by atoms with E-state index >= 15 is 0 Å². The van der Waals surface area contributed by atoms with Crippen molar-refractivity contribution in [1.82, 2.24) is 15.5 Å². The van der Waals surface area contributed by atoms with Gasteiger partial charge in [-0.15, -0.1) is 6.42 Å². The topological polar surface area (TPSA) is 44.4 Å². The van der Waals surface area contributed by atoms with Crippen molar-refractivity contribution in [3.05, 3.63) is 0 Å². The van der Waals surface area contributed by atoms with Crippen molar-refractivity contribution in [2.24, 2.45) is 0 Å². The summed E-state index contributed by atoms with van der Waals surface area (Å²) in [5.74, 6) is 2.34. The molecule has 0 bridgehead atoms. The van der Waals surface area contributed by atoms with Crippen molar-refractivity contribution in [3.63, 3.8) is 0 Å². The summed E-state index contributed by atoms with van der Waals surface area (Å²) in [5, 5.41) is 5.83. The van der Waals surface area contributed by atoms with Crippen molar-refractivity contribution in [3.8, 4) is 12.3 Å². The summed E-state index contributed by atoms with van der Waals surface area (Å²) in [5.41, 5.74) is 0. The lowest BCUT2D eigenvalue weighted by Crippen LogP contribution is -2.43. The van der Waals surface area contributed by atoms with E-state index in [-0.39, 0.29) is 11.9 Å². The summed E-state index contributed by atoms with van der Waals surface area (Å²) >= 11 is 0. The van der Waals surface area contributed by atoms with Crippen molar-refractivity contribution >= 4 is 5.91 Å². The molecule has 2 N–H and O–H groups in total. The monoisotopic (exact) mass is 239 g/mol. The zero-order valence-corrected chi connectivity index (χ0v) is 11.4. The van der Waals surface area contributed by atoms with Crippen molar-refractivity contribution in [1.29, 1.82) is 0 Å². The molecule has 0 aromatic rings. The Hall–Kier alpha value is -1.05. The number of hydrogen-bond acceptors (Lipinski definition) is 3. The van der Waals surface area contributed by atoms with Gasteiger partial charge in [-0.25, -0.2) is 0 Å². The summed E-state index contributed by atoms with van der Waals surface area (Å²) < 4.78 is 0. The standard InChI is InChI=1S/C13H25N3O/c1-6-8-15-13(17)12(4)14-9-7-10-16(5)11(2)3/h1,11-12,14H,7-10H2,2-5H3,(H,15,17). The number of nitrogens with one attached hydrogen (secondary N) is 2. The van der Waals surface area contributed by atoms with E-state index in [0.29, 0.717) is 12.6 Å². The number of carbonyl (C=O) groups excluding carboxylic acids is 1. The van der Waals surface area contributed by atoms with E-state index in [1.165, 1.54) is 0 Å². The van der Waals surface area contributed by atoms with E-state index < -0.39 is 0 Å². The normalized spacial score (nSPS) is 12.5. The SMILES string of the molecule is C#CCNC(=O)C(C)NCCCN(C)C(C)C. The molecule has 0 fully saturated rings. The smallest absolute Gasteiger partial charge is 0.237 e. The molecular formula is C13H25N3O. The van der Waals surface area contributed by atoms with Crippen LogP contribution in [-0.4, -0.2) is 49.6 Å². The molecule has 4 heteroatoms. The molecule has 0 aromatic carbocycles. The van der Waals surface area contributed by atoms with E-state index in [1.54, 1.807) is 0 Å². The second-order valence-electron chi connectivity index (χ2n) is 4.53. The molecule has 17 heavy (non-hydrogen) atoms. The van der Waals surface area contributed by atoms with E-state index in [9.17, 15) is 4.79 Å². The molecule has 0 spiro atoms. The summed E-state index contributed by atoms with van der Waals surface area (Å²) in [6.07, 6.45) is 6.10. The van der Waals surface area contributed by atoms with Crippen LogP contribution in [0.5, 0.6) is 0 Å². The lowest BCUT2D eigenvalue weighted by molar-refractivity contribution is -0.122. The van der Waals surface area contributed by atoms with E-state index in [0.717, 1.165) is 19.5 Å². The lowest BCUT2D eigenvalue weighted by atomic mass is 10.2.